The molecule has 1 spiro atoms. The number of fused-ring (bicyclic) bond motifs is 4. The van der Waals surface area contributed by atoms with E-state index in [4.69, 9.17) is 5.73 Å². The molecule has 0 aliphatic carbocycles. The number of nitrogens with one attached hydrogen (secondary N) is 2. The Kier molecular flexibility index (Phi) is 4.03. The van der Waals surface area contributed by atoms with E-state index in [1.807, 2.05) is 6.92 Å². The van der Waals surface area contributed by atoms with Gasteiger partial charge < -0.3 is 11.1 Å². The van der Waals surface area contributed by atoms with Gasteiger partial charge in [-0.25, -0.2) is 0 Å². The highest BCUT2D eigenvalue weighted by atomic mass is 16.2. The van der Waals surface area contributed by atoms with Gasteiger partial charge in [-0.2, -0.15) is 0 Å². The second-order valence-electron chi connectivity index (χ2n) is 7.41. The monoisotopic (exact) mass is 370 g/mol. The molecule has 1 aromatic carbocycles. The molecule has 8 nitrogen and oxygen atoms in total. The van der Waals surface area contributed by atoms with E-state index in [0.29, 0.717) is 24.2 Å². The Morgan fingerprint density at radius 1 is 1.22 bits per heavy atom. The quantitative estimate of drug-likeness (QED) is 0.634. The lowest BCUT2D eigenvalue weighted by molar-refractivity contribution is -0.142. The van der Waals surface area contributed by atoms with Gasteiger partial charge in [0.05, 0.1) is 11.8 Å². The summed E-state index contributed by atoms with van der Waals surface area (Å²) in [4.78, 5) is 52.1. The van der Waals surface area contributed by atoms with Crippen LogP contribution in [0.5, 0.6) is 0 Å². The van der Waals surface area contributed by atoms with Crippen molar-refractivity contribution in [2.24, 2.45) is 17.6 Å². The molecule has 1 aromatic rings. The smallest absolute Gasteiger partial charge is 0.250 e. The van der Waals surface area contributed by atoms with Gasteiger partial charge in [0, 0.05) is 30.3 Å². The second kappa shape index (κ2) is 6.16. The summed E-state index contributed by atoms with van der Waals surface area (Å²) < 4.78 is 0. The van der Waals surface area contributed by atoms with Crippen molar-refractivity contribution in [1.29, 1.82) is 0 Å². The lowest BCUT2D eigenvalue weighted by Gasteiger charge is -2.29. The molecule has 0 bridgehead atoms. The summed E-state index contributed by atoms with van der Waals surface area (Å²) in [5, 5.41) is 5.97. The van der Waals surface area contributed by atoms with Crippen molar-refractivity contribution in [1.82, 2.24) is 10.2 Å². The molecule has 27 heavy (non-hydrogen) atoms. The zero-order valence-electron chi connectivity index (χ0n) is 15.0. The van der Waals surface area contributed by atoms with E-state index in [-0.39, 0.29) is 24.1 Å². The number of carbonyl (C=O) groups is 4. The second-order valence-corrected chi connectivity index (χ2v) is 7.41. The Balaban J connectivity index is 1.83. The number of rotatable bonds is 5. The van der Waals surface area contributed by atoms with Crippen molar-refractivity contribution >= 4 is 29.3 Å². The normalized spacial score (nSPS) is 31.4. The van der Waals surface area contributed by atoms with Crippen molar-refractivity contribution in [2.75, 3.05) is 11.9 Å². The van der Waals surface area contributed by atoms with Crippen molar-refractivity contribution in [3.63, 3.8) is 0 Å². The minimum Gasteiger partial charge on any atom is -0.370 e. The lowest BCUT2D eigenvalue weighted by Crippen LogP contribution is -2.53. The maximum Gasteiger partial charge on any atom is 0.250 e. The van der Waals surface area contributed by atoms with E-state index in [2.05, 4.69) is 10.6 Å². The third-order valence-corrected chi connectivity index (χ3v) is 5.87. The first-order valence-corrected chi connectivity index (χ1v) is 9.24. The standard InChI is InChI=1S/C19H22N4O4/c1-2-3-8-23-16(25)14-12(9-13(20)24)22-19(15(14)17(23)26)10-6-4-5-7-11(10)21-18(19)27/h4-7,12,14-15,22H,2-3,8-9H2,1H3,(H2,20,24)(H,21,27)/t12-,14+,15+,19+/m0/s1. The zero-order valence-corrected chi connectivity index (χ0v) is 15.0. The molecule has 0 radical (unpaired) electrons. The SMILES string of the molecule is CCCCN1C(=O)[C@@H]2[C@H](CC(N)=O)N[C@@]3(C(=O)Nc4ccccc43)[C@H]2C1=O. The van der Waals surface area contributed by atoms with Crippen LogP contribution in [0.15, 0.2) is 24.3 Å². The van der Waals surface area contributed by atoms with E-state index >= 15 is 0 Å². The van der Waals surface area contributed by atoms with Crippen LogP contribution in [0.4, 0.5) is 5.69 Å². The van der Waals surface area contributed by atoms with Crippen LogP contribution in [0.25, 0.3) is 0 Å². The van der Waals surface area contributed by atoms with Gasteiger partial charge in [0.1, 0.15) is 5.54 Å². The van der Waals surface area contributed by atoms with Crippen LogP contribution in [0, 0.1) is 11.8 Å². The highest BCUT2D eigenvalue weighted by molar-refractivity contribution is 6.15. The summed E-state index contributed by atoms with van der Waals surface area (Å²) in [6, 6.07) is 6.45. The Labute approximate surface area is 156 Å². The first-order valence-electron chi connectivity index (χ1n) is 9.24. The fourth-order valence-electron chi connectivity index (χ4n) is 4.75. The Morgan fingerprint density at radius 3 is 2.67 bits per heavy atom. The Bertz CT molecular complexity index is 854. The lowest BCUT2D eigenvalue weighted by atomic mass is 9.76. The van der Waals surface area contributed by atoms with Crippen LogP contribution in [0.1, 0.15) is 31.7 Å². The number of benzene rings is 1. The van der Waals surface area contributed by atoms with Gasteiger partial charge in [-0.15, -0.1) is 0 Å². The number of carbonyl (C=O) groups excluding carboxylic acids is 4. The molecule has 2 fully saturated rings. The number of nitrogens with two attached hydrogens (primary N) is 1. The summed E-state index contributed by atoms with van der Waals surface area (Å²) in [6.07, 6.45) is 1.42. The molecule has 2 saturated heterocycles. The van der Waals surface area contributed by atoms with Gasteiger partial charge in [-0.3, -0.25) is 29.4 Å². The van der Waals surface area contributed by atoms with Gasteiger partial charge in [0.25, 0.3) is 0 Å². The van der Waals surface area contributed by atoms with Crippen LogP contribution >= 0.6 is 0 Å². The summed E-state index contributed by atoms with van der Waals surface area (Å²) in [5.41, 5.74) is 5.27. The molecule has 3 aliphatic heterocycles. The molecule has 4 amide bonds. The van der Waals surface area contributed by atoms with Gasteiger partial charge >= 0.3 is 0 Å². The molecule has 4 atom stereocenters. The van der Waals surface area contributed by atoms with E-state index in [9.17, 15) is 19.2 Å². The zero-order chi connectivity index (χ0) is 19.3. The molecule has 0 saturated carbocycles. The van der Waals surface area contributed by atoms with Crippen molar-refractivity contribution in [2.45, 2.75) is 37.8 Å². The van der Waals surface area contributed by atoms with Gasteiger partial charge in [-0.05, 0) is 12.5 Å². The van der Waals surface area contributed by atoms with E-state index in [1.165, 1.54) is 4.90 Å². The summed E-state index contributed by atoms with van der Waals surface area (Å²) in [7, 11) is 0. The van der Waals surface area contributed by atoms with Crippen molar-refractivity contribution in [3.8, 4) is 0 Å². The van der Waals surface area contributed by atoms with Gasteiger partial charge in [0.2, 0.25) is 23.6 Å². The van der Waals surface area contributed by atoms with E-state index < -0.39 is 29.3 Å². The van der Waals surface area contributed by atoms with Crippen molar-refractivity contribution < 1.29 is 19.2 Å². The number of unbranched alkanes of at least 4 members (excludes halogenated alkanes) is 1. The number of primary amides is 1. The van der Waals surface area contributed by atoms with Crippen LogP contribution < -0.4 is 16.4 Å². The predicted octanol–water partition coefficient (Wildman–Crippen LogP) is 0.0825. The maximum atomic E-state index is 13.2. The molecule has 4 N–H and O–H groups in total. The number of nitrogens with zero attached hydrogens (tertiary/aromatic N) is 1. The minimum atomic E-state index is -1.35. The number of imide groups is 1. The Hall–Kier alpha value is -2.74. The number of hydrogen-bond acceptors (Lipinski definition) is 5. The molecular formula is C19H22N4O4. The fourth-order valence-corrected chi connectivity index (χ4v) is 4.75. The third-order valence-electron chi connectivity index (χ3n) is 5.87. The highest BCUT2D eigenvalue weighted by Gasteiger charge is 2.70. The number of hydrogen-bond donors (Lipinski definition) is 3. The number of para-hydroxylation sites is 1. The molecule has 0 aromatic heterocycles. The minimum absolute atomic E-state index is 0.112. The van der Waals surface area contributed by atoms with Crippen LogP contribution in [0.3, 0.4) is 0 Å². The summed E-state index contributed by atoms with van der Waals surface area (Å²) >= 11 is 0. The van der Waals surface area contributed by atoms with Crippen LogP contribution in [-0.4, -0.2) is 41.1 Å². The number of likely N-dealkylation sites (tertiary alicyclic amines) is 1. The third kappa shape index (κ3) is 2.32. The van der Waals surface area contributed by atoms with Gasteiger partial charge in [0.15, 0.2) is 0 Å². The molecule has 142 valence electrons. The highest BCUT2D eigenvalue weighted by Crippen LogP contribution is 2.53. The van der Waals surface area contributed by atoms with Gasteiger partial charge in [-0.1, -0.05) is 31.5 Å². The molecule has 3 aliphatic rings. The largest absolute Gasteiger partial charge is 0.370 e. The van der Waals surface area contributed by atoms with Crippen LogP contribution in [0.2, 0.25) is 0 Å². The number of amides is 4. The molecule has 8 heteroatoms. The maximum absolute atomic E-state index is 13.2. The topological polar surface area (TPSA) is 122 Å². The molecule has 0 unspecified atom stereocenters. The first-order chi connectivity index (χ1) is 12.9. The Morgan fingerprint density at radius 2 is 1.96 bits per heavy atom. The van der Waals surface area contributed by atoms with E-state index in [0.717, 1.165) is 6.42 Å². The average molecular weight is 370 g/mol. The summed E-state index contributed by atoms with van der Waals surface area (Å²) in [6.45, 7) is 2.30. The number of anilines is 1. The van der Waals surface area contributed by atoms with E-state index in [1.54, 1.807) is 24.3 Å². The predicted molar refractivity (Wildman–Crippen MR) is 96.1 cm³/mol. The van der Waals surface area contributed by atoms with Crippen LogP contribution in [-0.2, 0) is 24.7 Å². The fraction of sp³-hybridized carbons (Fsp3) is 0.474. The molecule has 3 heterocycles. The molecular weight excluding hydrogens is 348 g/mol. The van der Waals surface area contributed by atoms with Crippen molar-refractivity contribution in [3.05, 3.63) is 29.8 Å². The summed E-state index contributed by atoms with van der Waals surface area (Å²) in [5.74, 6) is -3.30. The average Bonchev–Trinajstić information content (AvgIpc) is 3.19. The first kappa shape index (κ1) is 17.7. The molecule has 4 rings (SSSR count).